The van der Waals surface area contributed by atoms with Gasteiger partial charge in [-0.05, 0) is 61.2 Å². The van der Waals surface area contributed by atoms with Crippen LogP contribution in [0.5, 0.6) is 0 Å². The van der Waals surface area contributed by atoms with Crippen molar-refractivity contribution in [2.45, 2.75) is 12.2 Å². The number of ether oxygens (including phenoxy) is 3. The predicted molar refractivity (Wildman–Crippen MR) is 172 cm³/mol. The molecule has 0 aliphatic heterocycles. The van der Waals surface area contributed by atoms with E-state index in [1.807, 2.05) is 12.1 Å². The number of aliphatic hydroxyl groups is 2. The van der Waals surface area contributed by atoms with Crippen molar-refractivity contribution >= 4 is 22.4 Å². The molecular weight excluding hydrogens is 536 g/mol. The van der Waals surface area contributed by atoms with E-state index in [-0.39, 0.29) is 33.0 Å². The Morgan fingerprint density at radius 3 is 1.98 bits per heavy atom. The van der Waals surface area contributed by atoms with E-state index < -0.39 is 5.79 Å². The standard InChI is InChI=1S/C38H36O5/c39-20-22-41-24-25-43-38(42-23-21-40)19-18-33-27-31(29-10-5-2-6-11-29)15-17-35(33)37(38)36-13-7-12-32-26-30(14-16-34(32)36)28-8-3-1-4-9-28/h1-18,26-27,39-40H,19-25H2. The summed E-state index contributed by atoms with van der Waals surface area (Å²) in [5.74, 6) is -1.14. The second kappa shape index (κ2) is 13.5. The van der Waals surface area contributed by atoms with Crippen LogP contribution in [0, 0.1) is 0 Å². The molecule has 5 heteroatoms. The summed E-state index contributed by atoms with van der Waals surface area (Å²) in [6.07, 6.45) is 2.63. The molecule has 0 saturated carbocycles. The maximum absolute atomic E-state index is 9.83. The van der Waals surface area contributed by atoms with Gasteiger partial charge in [0.15, 0.2) is 5.79 Å². The summed E-state index contributed by atoms with van der Waals surface area (Å²) in [7, 11) is 0. The van der Waals surface area contributed by atoms with Gasteiger partial charge in [0, 0.05) is 12.0 Å². The van der Waals surface area contributed by atoms with E-state index in [4.69, 9.17) is 19.3 Å². The fraction of sp³-hybridized carbons (Fsp3) is 0.211. The van der Waals surface area contributed by atoms with Crippen molar-refractivity contribution in [3.63, 3.8) is 0 Å². The van der Waals surface area contributed by atoms with E-state index in [1.165, 1.54) is 5.56 Å². The molecule has 1 aliphatic carbocycles. The first-order chi connectivity index (χ1) is 21.2. The van der Waals surface area contributed by atoms with E-state index in [0.717, 1.165) is 49.0 Å². The van der Waals surface area contributed by atoms with Crippen molar-refractivity contribution in [3.8, 4) is 22.3 Å². The molecule has 0 fully saturated rings. The van der Waals surface area contributed by atoms with E-state index in [1.54, 1.807) is 0 Å². The minimum Gasteiger partial charge on any atom is -0.394 e. The van der Waals surface area contributed by atoms with E-state index in [9.17, 15) is 5.11 Å². The smallest absolute Gasteiger partial charge is 0.199 e. The van der Waals surface area contributed by atoms with Crippen LogP contribution in [0.25, 0.3) is 44.7 Å². The SMILES string of the molecule is OCCOCCOC1(OCCO)CC=c2cc(-c3ccccc3)ccc2=C1c1cccc2cc(-c3ccccc3)ccc12. The van der Waals surface area contributed by atoms with Crippen LogP contribution in [-0.4, -0.2) is 55.6 Å². The van der Waals surface area contributed by atoms with Gasteiger partial charge in [0.25, 0.3) is 0 Å². The number of hydrogen-bond donors (Lipinski definition) is 2. The van der Waals surface area contributed by atoms with Crippen LogP contribution in [-0.2, 0) is 14.2 Å². The zero-order valence-electron chi connectivity index (χ0n) is 24.1. The lowest BCUT2D eigenvalue weighted by Crippen LogP contribution is -2.48. The maximum atomic E-state index is 9.83. The maximum Gasteiger partial charge on any atom is 0.199 e. The Morgan fingerprint density at radius 2 is 1.26 bits per heavy atom. The van der Waals surface area contributed by atoms with Gasteiger partial charge in [0.1, 0.15) is 0 Å². The minimum absolute atomic E-state index is 0.0462. The first-order valence-electron chi connectivity index (χ1n) is 14.8. The van der Waals surface area contributed by atoms with Crippen molar-refractivity contribution < 1.29 is 24.4 Å². The number of fused-ring (bicyclic) bond motifs is 2. The van der Waals surface area contributed by atoms with Crippen LogP contribution in [0.2, 0.25) is 0 Å². The highest BCUT2D eigenvalue weighted by molar-refractivity contribution is 5.97. The largest absolute Gasteiger partial charge is 0.394 e. The topological polar surface area (TPSA) is 68.2 Å². The van der Waals surface area contributed by atoms with Gasteiger partial charge in [-0.3, -0.25) is 0 Å². The molecule has 1 atom stereocenters. The van der Waals surface area contributed by atoms with Crippen LogP contribution in [0.1, 0.15) is 12.0 Å². The summed E-state index contributed by atoms with van der Waals surface area (Å²) in [5, 5.41) is 23.3. The molecule has 0 heterocycles. The summed E-state index contributed by atoms with van der Waals surface area (Å²) < 4.78 is 18.6. The quantitative estimate of drug-likeness (QED) is 0.157. The molecule has 5 aromatic carbocycles. The third kappa shape index (κ3) is 6.18. The fourth-order valence-electron chi connectivity index (χ4n) is 5.93. The second-order valence-corrected chi connectivity index (χ2v) is 10.6. The molecule has 6 rings (SSSR count). The van der Waals surface area contributed by atoms with Crippen molar-refractivity contribution in [2.75, 3.05) is 39.6 Å². The molecule has 0 amide bonds. The van der Waals surface area contributed by atoms with Crippen LogP contribution < -0.4 is 10.4 Å². The molecule has 0 bridgehead atoms. The highest BCUT2D eigenvalue weighted by Crippen LogP contribution is 2.39. The molecule has 218 valence electrons. The average molecular weight is 573 g/mol. The van der Waals surface area contributed by atoms with Gasteiger partial charge in [-0.15, -0.1) is 0 Å². The predicted octanol–water partition coefficient (Wildman–Crippen LogP) is 5.29. The monoisotopic (exact) mass is 572 g/mol. The Morgan fingerprint density at radius 1 is 0.581 bits per heavy atom. The molecule has 0 radical (unpaired) electrons. The Kier molecular flexibility index (Phi) is 9.08. The van der Waals surface area contributed by atoms with Gasteiger partial charge in [-0.1, -0.05) is 109 Å². The highest BCUT2D eigenvalue weighted by atomic mass is 16.7. The van der Waals surface area contributed by atoms with E-state index >= 15 is 0 Å². The average Bonchev–Trinajstić information content (AvgIpc) is 3.07. The first-order valence-corrected chi connectivity index (χ1v) is 14.8. The van der Waals surface area contributed by atoms with Crippen molar-refractivity contribution in [3.05, 3.63) is 131 Å². The summed E-state index contributed by atoms with van der Waals surface area (Å²) in [4.78, 5) is 0. The third-order valence-corrected chi connectivity index (χ3v) is 7.88. The molecule has 0 spiro atoms. The van der Waals surface area contributed by atoms with Crippen molar-refractivity contribution in [1.29, 1.82) is 0 Å². The number of hydrogen-bond acceptors (Lipinski definition) is 5. The summed E-state index contributed by atoms with van der Waals surface area (Å²) in [5.41, 5.74) is 6.57. The van der Waals surface area contributed by atoms with Gasteiger partial charge >= 0.3 is 0 Å². The lowest BCUT2D eigenvalue weighted by molar-refractivity contribution is -0.202. The van der Waals surface area contributed by atoms with Crippen LogP contribution in [0.3, 0.4) is 0 Å². The Bertz CT molecular complexity index is 1800. The molecule has 5 aromatic rings. The van der Waals surface area contributed by atoms with Crippen molar-refractivity contribution in [1.82, 2.24) is 0 Å². The first kappa shape index (κ1) is 29.0. The van der Waals surface area contributed by atoms with Crippen molar-refractivity contribution in [2.24, 2.45) is 0 Å². The number of benzene rings is 5. The summed E-state index contributed by atoms with van der Waals surface area (Å²) in [6, 6.07) is 40.2. The molecule has 0 saturated heterocycles. The highest BCUT2D eigenvalue weighted by Gasteiger charge is 2.39. The normalized spacial score (nSPS) is 16.2. The van der Waals surface area contributed by atoms with Crippen LogP contribution in [0.4, 0.5) is 0 Å². The molecule has 1 aliphatic rings. The fourth-order valence-corrected chi connectivity index (χ4v) is 5.93. The second-order valence-electron chi connectivity index (χ2n) is 10.6. The Balaban J connectivity index is 1.54. The third-order valence-electron chi connectivity index (χ3n) is 7.88. The number of aliphatic hydroxyl groups excluding tert-OH is 2. The minimum atomic E-state index is -1.14. The molecular formula is C38H36O5. The van der Waals surface area contributed by atoms with Gasteiger partial charge in [-0.2, -0.15) is 0 Å². The summed E-state index contributed by atoms with van der Waals surface area (Å²) in [6.45, 7) is 0.769. The summed E-state index contributed by atoms with van der Waals surface area (Å²) >= 11 is 0. The molecule has 1 unspecified atom stereocenters. The molecule has 2 N–H and O–H groups in total. The van der Waals surface area contributed by atoms with Gasteiger partial charge < -0.3 is 24.4 Å². The van der Waals surface area contributed by atoms with Crippen LogP contribution in [0.15, 0.2) is 115 Å². The van der Waals surface area contributed by atoms with Gasteiger partial charge in [0.2, 0.25) is 0 Å². The Hall–Kier alpha value is -4.10. The lowest BCUT2D eigenvalue weighted by atomic mass is 9.84. The molecule has 5 nitrogen and oxygen atoms in total. The van der Waals surface area contributed by atoms with E-state index in [0.29, 0.717) is 13.0 Å². The van der Waals surface area contributed by atoms with Gasteiger partial charge in [-0.25, -0.2) is 0 Å². The van der Waals surface area contributed by atoms with Gasteiger partial charge in [0.05, 0.1) is 39.6 Å². The number of rotatable bonds is 12. The van der Waals surface area contributed by atoms with E-state index in [2.05, 4.69) is 109 Å². The van der Waals surface area contributed by atoms with Crippen LogP contribution >= 0.6 is 0 Å². The zero-order valence-corrected chi connectivity index (χ0v) is 24.1. The lowest BCUT2D eigenvalue weighted by Gasteiger charge is -2.38. The molecule has 43 heavy (non-hydrogen) atoms. The Labute approximate surface area is 251 Å². The zero-order chi connectivity index (χ0) is 29.5. The molecule has 0 aromatic heterocycles.